The van der Waals surface area contributed by atoms with Crippen LogP contribution in [0.3, 0.4) is 0 Å². The second kappa shape index (κ2) is 12.1. The van der Waals surface area contributed by atoms with E-state index in [0.717, 1.165) is 0 Å². The number of hydrogen-bond acceptors (Lipinski definition) is 8. The van der Waals surface area contributed by atoms with E-state index in [1.54, 1.807) is 31.3 Å². The summed E-state index contributed by atoms with van der Waals surface area (Å²) in [6.45, 7) is 12.9. The lowest BCUT2D eigenvalue weighted by atomic mass is 10.2. The highest BCUT2D eigenvalue weighted by molar-refractivity contribution is 9.10. The number of aryl methyl sites for hydroxylation is 1. The highest BCUT2D eigenvalue weighted by Gasteiger charge is 2.19. The van der Waals surface area contributed by atoms with E-state index in [1.807, 2.05) is 6.92 Å². The Kier molecular flexibility index (Phi) is 10.0. The van der Waals surface area contributed by atoms with Gasteiger partial charge in [-0.15, -0.1) is 0 Å². The monoisotopic (exact) mass is 542 g/mol. The van der Waals surface area contributed by atoms with E-state index >= 15 is 0 Å². The molecule has 4 N–H and O–H groups in total. The molecule has 0 bridgehead atoms. The van der Waals surface area contributed by atoms with Crippen molar-refractivity contribution in [2.24, 2.45) is 0 Å². The van der Waals surface area contributed by atoms with Crippen molar-refractivity contribution < 1.29 is 13.5 Å². The molecule has 2 rings (SSSR count). The first-order valence-electron chi connectivity index (χ1n) is 11.0. The summed E-state index contributed by atoms with van der Waals surface area (Å²) in [5, 5.41) is 15.4. The Balaban J connectivity index is 2.18. The number of nitrogens with zero attached hydrogens (tertiary/aromatic N) is 3. The zero-order valence-electron chi connectivity index (χ0n) is 20.1. The lowest BCUT2D eigenvalue weighted by molar-refractivity contribution is 0.179. The Morgan fingerprint density at radius 1 is 1.15 bits per heavy atom. The van der Waals surface area contributed by atoms with Crippen LogP contribution >= 0.6 is 15.9 Å². The van der Waals surface area contributed by atoms with Gasteiger partial charge in [0.2, 0.25) is 16.0 Å². The molecule has 0 fully saturated rings. The zero-order valence-corrected chi connectivity index (χ0v) is 22.5. The minimum atomic E-state index is -3.69. The fourth-order valence-electron chi connectivity index (χ4n) is 3.40. The number of sulfonamides is 1. The molecule has 0 aliphatic carbocycles. The summed E-state index contributed by atoms with van der Waals surface area (Å²) in [6, 6.07) is 5.58. The molecule has 2 aromatic rings. The molecule has 0 aliphatic rings. The lowest BCUT2D eigenvalue weighted by Crippen LogP contribution is -2.42. The number of aliphatic hydroxyl groups excluding tert-OH is 1. The van der Waals surface area contributed by atoms with Gasteiger partial charge in [0.1, 0.15) is 5.82 Å². The summed E-state index contributed by atoms with van der Waals surface area (Å²) >= 11 is 3.38. The predicted molar refractivity (Wildman–Crippen MR) is 137 cm³/mol. The normalized spacial score (nSPS) is 13.1. The summed E-state index contributed by atoms with van der Waals surface area (Å²) in [5.41, 5.74) is 1.20. The molecule has 1 aromatic heterocycles. The quantitative estimate of drug-likeness (QED) is 0.321. The van der Waals surface area contributed by atoms with Crippen LogP contribution in [0.1, 0.15) is 40.2 Å². The van der Waals surface area contributed by atoms with Gasteiger partial charge >= 0.3 is 0 Å². The minimum absolute atomic E-state index is 0.0442. The number of hydrogen-bond donors (Lipinski definition) is 4. The Morgan fingerprint density at radius 3 is 2.42 bits per heavy atom. The Bertz CT molecular complexity index is 1020. The van der Waals surface area contributed by atoms with Crippen molar-refractivity contribution in [1.29, 1.82) is 0 Å². The molecule has 0 amide bonds. The van der Waals surface area contributed by atoms with Crippen molar-refractivity contribution in [3.8, 4) is 0 Å². The molecule has 1 aromatic carbocycles. The van der Waals surface area contributed by atoms with Crippen molar-refractivity contribution in [3.05, 3.63) is 34.4 Å². The van der Waals surface area contributed by atoms with Crippen LogP contribution < -0.4 is 15.4 Å². The van der Waals surface area contributed by atoms with Crippen molar-refractivity contribution in [1.82, 2.24) is 19.6 Å². The van der Waals surface area contributed by atoms with Crippen molar-refractivity contribution in [3.63, 3.8) is 0 Å². The van der Waals surface area contributed by atoms with Crippen LogP contribution in [0.15, 0.2) is 33.8 Å². The second-order valence-electron chi connectivity index (χ2n) is 8.55. The van der Waals surface area contributed by atoms with Gasteiger partial charge in [0.15, 0.2) is 0 Å². The van der Waals surface area contributed by atoms with Crippen LogP contribution in [0.25, 0.3) is 0 Å². The van der Waals surface area contributed by atoms with Gasteiger partial charge in [-0.1, -0.05) is 6.07 Å². The fraction of sp³-hybridized carbons (Fsp3) is 0.545. The maximum atomic E-state index is 13.0. The van der Waals surface area contributed by atoms with Gasteiger partial charge in [0.25, 0.3) is 0 Å². The minimum Gasteiger partial charge on any atom is -0.394 e. The standard InChI is InChI=1S/C22H35BrN6O3S/c1-14(2)29(15(3)4)10-9-25-33(31,32)20-11-18(8-7-16(20)5)27-22-24-12-19(23)21(28-22)26-17(6)13-30/h7-8,11-12,14-15,17,25,30H,9-10,13H2,1-6H3,(H2,24,26,27,28)/t17-/m1/s1. The molecular formula is C22H35BrN6O3S. The first-order chi connectivity index (χ1) is 15.4. The zero-order chi connectivity index (χ0) is 24.8. The van der Waals surface area contributed by atoms with E-state index in [9.17, 15) is 13.5 Å². The maximum Gasteiger partial charge on any atom is 0.240 e. The molecule has 0 aliphatic heterocycles. The lowest BCUT2D eigenvalue weighted by Gasteiger charge is -2.30. The molecule has 0 spiro atoms. The van der Waals surface area contributed by atoms with Crippen LogP contribution in [-0.4, -0.2) is 66.2 Å². The summed E-state index contributed by atoms with van der Waals surface area (Å²) in [5.74, 6) is 0.825. The van der Waals surface area contributed by atoms with Gasteiger partial charge in [-0.25, -0.2) is 18.1 Å². The predicted octanol–water partition coefficient (Wildman–Crippen LogP) is 3.48. The van der Waals surface area contributed by atoms with Crippen LogP contribution in [-0.2, 0) is 10.0 Å². The fourth-order valence-corrected chi connectivity index (χ4v) is 5.00. The highest BCUT2D eigenvalue weighted by Crippen LogP contribution is 2.25. The molecule has 0 unspecified atom stereocenters. The van der Waals surface area contributed by atoms with Crippen LogP contribution in [0.4, 0.5) is 17.5 Å². The first kappa shape index (κ1) is 27.5. The number of halogens is 1. The Morgan fingerprint density at radius 2 is 1.82 bits per heavy atom. The van der Waals surface area contributed by atoms with Crippen LogP contribution in [0.5, 0.6) is 0 Å². The summed E-state index contributed by atoms with van der Waals surface area (Å²) in [7, 11) is -3.69. The van der Waals surface area contributed by atoms with E-state index in [-0.39, 0.29) is 17.5 Å². The molecule has 0 saturated heterocycles. The SMILES string of the molecule is Cc1ccc(Nc2ncc(Br)c(N[C@H](C)CO)n2)cc1S(=O)(=O)NCCN(C(C)C)C(C)C. The van der Waals surface area contributed by atoms with E-state index in [0.29, 0.717) is 52.7 Å². The molecule has 33 heavy (non-hydrogen) atoms. The molecule has 9 nitrogen and oxygen atoms in total. The number of nitrogens with one attached hydrogen (secondary N) is 3. The largest absolute Gasteiger partial charge is 0.394 e. The third-order valence-electron chi connectivity index (χ3n) is 5.12. The third-order valence-corrected chi connectivity index (χ3v) is 7.31. The second-order valence-corrected chi connectivity index (χ2v) is 11.1. The highest BCUT2D eigenvalue weighted by atomic mass is 79.9. The maximum absolute atomic E-state index is 13.0. The first-order valence-corrected chi connectivity index (χ1v) is 13.2. The molecule has 184 valence electrons. The Labute approximate surface area is 205 Å². The number of anilines is 3. The van der Waals surface area contributed by atoms with Gasteiger partial charge in [-0.2, -0.15) is 4.98 Å². The van der Waals surface area contributed by atoms with Gasteiger partial charge in [0, 0.05) is 43.1 Å². The molecular weight excluding hydrogens is 508 g/mol. The van der Waals surface area contributed by atoms with Gasteiger partial charge in [-0.3, -0.25) is 4.90 Å². The topological polar surface area (TPSA) is 119 Å². The molecule has 0 radical (unpaired) electrons. The molecule has 1 heterocycles. The number of aliphatic hydroxyl groups is 1. The van der Waals surface area contributed by atoms with Crippen molar-refractivity contribution in [2.45, 2.75) is 64.6 Å². The summed E-state index contributed by atoms with van der Waals surface area (Å²) < 4.78 is 29.4. The van der Waals surface area contributed by atoms with Crippen LogP contribution in [0.2, 0.25) is 0 Å². The van der Waals surface area contributed by atoms with E-state index in [4.69, 9.17) is 0 Å². The van der Waals surface area contributed by atoms with Crippen molar-refractivity contribution in [2.75, 3.05) is 30.3 Å². The molecule has 0 saturated carbocycles. The average Bonchev–Trinajstić information content (AvgIpc) is 2.74. The Hall–Kier alpha value is -1.79. The average molecular weight is 544 g/mol. The molecule has 1 atom stereocenters. The smallest absolute Gasteiger partial charge is 0.240 e. The molecule has 11 heteroatoms. The van der Waals surface area contributed by atoms with Crippen molar-refractivity contribution >= 4 is 43.4 Å². The van der Waals surface area contributed by atoms with E-state index in [1.165, 1.54) is 0 Å². The number of aromatic nitrogens is 2. The summed E-state index contributed by atoms with van der Waals surface area (Å²) in [6.07, 6.45) is 1.59. The number of benzene rings is 1. The van der Waals surface area contributed by atoms with Gasteiger partial charge in [-0.05, 0) is 75.2 Å². The van der Waals surface area contributed by atoms with Crippen LogP contribution in [0, 0.1) is 6.92 Å². The third kappa shape index (κ3) is 7.89. The number of rotatable bonds is 12. The van der Waals surface area contributed by atoms with Gasteiger partial charge in [0.05, 0.1) is 16.0 Å². The van der Waals surface area contributed by atoms with Gasteiger partial charge < -0.3 is 15.7 Å². The van der Waals surface area contributed by atoms with E-state index < -0.39 is 10.0 Å². The van der Waals surface area contributed by atoms with E-state index in [2.05, 4.69) is 73.8 Å². The summed E-state index contributed by atoms with van der Waals surface area (Å²) in [4.78, 5) is 11.1.